The van der Waals surface area contributed by atoms with E-state index in [2.05, 4.69) is 20.5 Å². The molecule has 0 bridgehead atoms. The van der Waals surface area contributed by atoms with Gasteiger partial charge in [0.25, 0.3) is 5.91 Å². The number of amides is 1. The van der Waals surface area contributed by atoms with Crippen molar-refractivity contribution in [3.63, 3.8) is 0 Å². The number of carbonyl (C=O) groups is 1. The third kappa shape index (κ3) is 2.80. The molecule has 11 heteroatoms. The number of aromatic nitrogens is 3. The SMILES string of the molecule is CNC(=O)c1c(Cl)cc(S(=O)(=O)c2nc(N)n[nH]2)cc1Cl. The first-order valence-electron chi connectivity index (χ1n) is 5.41. The third-order valence-corrected chi connectivity index (χ3v) is 4.66. The highest BCUT2D eigenvalue weighted by Gasteiger charge is 2.25. The molecule has 2 aromatic rings. The Morgan fingerprint density at radius 3 is 2.33 bits per heavy atom. The van der Waals surface area contributed by atoms with E-state index in [0.717, 1.165) is 12.1 Å². The van der Waals surface area contributed by atoms with Crippen LogP contribution in [0.15, 0.2) is 22.2 Å². The first kappa shape index (κ1) is 15.5. The molecule has 0 unspecified atom stereocenters. The lowest BCUT2D eigenvalue weighted by Gasteiger charge is -2.08. The number of nitrogens with two attached hydrogens (primary N) is 1. The van der Waals surface area contributed by atoms with E-state index in [4.69, 9.17) is 28.9 Å². The van der Waals surface area contributed by atoms with Gasteiger partial charge in [-0.3, -0.25) is 4.79 Å². The summed E-state index contributed by atoms with van der Waals surface area (Å²) in [6, 6.07) is 2.21. The molecule has 1 heterocycles. The Bertz CT molecular complexity index is 795. The van der Waals surface area contributed by atoms with Crippen LogP contribution >= 0.6 is 23.2 Å². The number of nitrogens with zero attached hydrogens (tertiary/aromatic N) is 2. The van der Waals surface area contributed by atoms with E-state index in [1.165, 1.54) is 7.05 Å². The zero-order valence-electron chi connectivity index (χ0n) is 10.5. The lowest BCUT2D eigenvalue weighted by molar-refractivity contribution is 0.0963. The number of H-pyrrole nitrogens is 1. The standard InChI is InChI=1S/C10H9Cl2N5O3S/c1-14-8(18)7-5(11)2-4(3-6(7)12)21(19,20)10-15-9(13)16-17-10/h2-3H,1H3,(H,14,18)(H3,13,15,16,17). The summed E-state index contributed by atoms with van der Waals surface area (Å²) < 4.78 is 24.6. The molecule has 112 valence electrons. The maximum atomic E-state index is 12.3. The topological polar surface area (TPSA) is 131 Å². The van der Waals surface area contributed by atoms with Gasteiger partial charge in [0, 0.05) is 7.05 Å². The van der Waals surface area contributed by atoms with Gasteiger partial charge in [-0.25, -0.2) is 13.5 Å². The van der Waals surface area contributed by atoms with Crippen molar-refractivity contribution >= 4 is 44.9 Å². The van der Waals surface area contributed by atoms with E-state index >= 15 is 0 Å². The van der Waals surface area contributed by atoms with Crippen molar-refractivity contribution in [3.05, 3.63) is 27.7 Å². The molecular weight excluding hydrogens is 341 g/mol. The summed E-state index contributed by atoms with van der Waals surface area (Å²) in [5, 5.41) is 7.34. The zero-order chi connectivity index (χ0) is 15.8. The Morgan fingerprint density at radius 1 is 1.33 bits per heavy atom. The molecule has 0 aliphatic heterocycles. The summed E-state index contributed by atoms with van der Waals surface area (Å²) in [5.74, 6) is -0.745. The van der Waals surface area contributed by atoms with Crippen LogP contribution in [0, 0.1) is 0 Å². The largest absolute Gasteiger partial charge is 0.366 e. The smallest absolute Gasteiger partial charge is 0.254 e. The fourth-order valence-corrected chi connectivity index (χ4v) is 3.47. The summed E-state index contributed by atoms with van der Waals surface area (Å²) in [4.78, 5) is 14.9. The summed E-state index contributed by atoms with van der Waals surface area (Å²) >= 11 is 11.9. The van der Waals surface area contributed by atoms with Crippen molar-refractivity contribution < 1.29 is 13.2 Å². The monoisotopic (exact) mass is 349 g/mol. The molecule has 0 atom stereocenters. The van der Waals surface area contributed by atoms with Gasteiger partial charge in [-0.05, 0) is 12.1 Å². The second-order valence-corrected chi connectivity index (χ2v) is 6.52. The van der Waals surface area contributed by atoms with E-state index in [9.17, 15) is 13.2 Å². The summed E-state index contributed by atoms with van der Waals surface area (Å²) in [6.45, 7) is 0. The van der Waals surface area contributed by atoms with Crippen LogP contribution in [0.2, 0.25) is 10.0 Å². The van der Waals surface area contributed by atoms with Crippen LogP contribution < -0.4 is 11.1 Å². The molecule has 0 radical (unpaired) electrons. The van der Waals surface area contributed by atoms with Gasteiger partial charge in [0.05, 0.1) is 20.5 Å². The van der Waals surface area contributed by atoms with E-state index in [0.29, 0.717) is 0 Å². The van der Waals surface area contributed by atoms with Crippen LogP contribution in [0.1, 0.15) is 10.4 Å². The number of nitrogen functional groups attached to an aromatic ring is 1. The zero-order valence-corrected chi connectivity index (χ0v) is 12.8. The van der Waals surface area contributed by atoms with Gasteiger partial charge < -0.3 is 11.1 Å². The van der Waals surface area contributed by atoms with Crippen LogP contribution in [0.25, 0.3) is 0 Å². The van der Waals surface area contributed by atoms with Crippen molar-refractivity contribution in [2.24, 2.45) is 0 Å². The Balaban J connectivity index is 2.59. The van der Waals surface area contributed by atoms with Gasteiger partial charge in [-0.2, -0.15) is 4.98 Å². The first-order valence-corrected chi connectivity index (χ1v) is 7.65. The van der Waals surface area contributed by atoms with E-state index in [1.54, 1.807) is 0 Å². The van der Waals surface area contributed by atoms with Crippen molar-refractivity contribution in [1.29, 1.82) is 0 Å². The average molecular weight is 350 g/mol. The molecule has 0 fully saturated rings. The lowest BCUT2D eigenvalue weighted by Crippen LogP contribution is -2.19. The summed E-state index contributed by atoms with van der Waals surface area (Å²) in [7, 11) is -2.62. The van der Waals surface area contributed by atoms with E-state index < -0.39 is 20.9 Å². The second kappa shape index (κ2) is 5.51. The molecule has 1 aromatic heterocycles. The summed E-state index contributed by atoms with van der Waals surface area (Å²) in [6.07, 6.45) is 0. The van der Waals surface area contributed by atoms with E-state index in [-0.39, 0.29) is 26.5 Å². The average Bonchev–Trinajstić information content (AvgIpc) is 2.85. The quantitative estimate of drug-likeness (QED) is 0.753. The fourth-order valence-electron chi connectivity index (χ4n) is 1.54. The molecule has 21 heavy (non-hydrogen) atoms. The van der Waals surface area contributed by atoms with Gasteiger partial charge in [0.1, 0.15) is 0 Å². The number of benzene rings is 1. The molecule has 0 spiro atoms. The molecule has 0 saturated carbocycles. The number of halogens is 2. The Hall–Kier alpha value is -1.84. The molecule has 1 aromatic carbocycles. The third-order valence-electron chi connectivity index (χ3n) is 2.52. The summed E-state index contributed by atoms with van der Waals surface area (Å²) in [5.41, 5.74) is 5.26. The highest BCUT2D eigenvalue weighted by molar-refractivity contribution is 7.91. The van der Waals surface area contributed by atoms with Crippen molar-refractivity contribution in [3.8, 4) is 0 Å². The maximum Gasteiger partial charge on any atom is 0.254 e. The normalized spacial score (nSPS) is 11.4. The van der Waals surface area contributed by atoms with Gasteiger partial charge in [0.2, 0.25) is 20.9 Å². The van der Waals surface area contributed by atoms with Crippen molar-refractivity contribution in [2.75, 3.05) is 12.8 Å². The van der Waals surface area contributed by atoms with Crippen LogP contribution in [0.5, 0.6) is 0 Å². The molecule has 4 N–H and O–H groups in total. The number of rotatable bonds is 3. The second-order valence-electron chi connectivity index (χ2n) is 3.84. The maximum absolute atomic E-state index is 12.3. The number of sulfone groups is 1. The lowest BCUT2D eigenvalue weighted by atomic mass is 10.2. The molecule has 0 saturated heterocycles. The minimum atomic E-state index is -4.02. The first-order chi connectivity index (χ1) is 9.77. The van der Waals surface area contributed by atoms with Gasteiger partial charge >= 0.3 is 0 Å². The number of hydrogen-bond acceptors (Lipinski definition) is 6. The number of nitrogens with one attached hydrogen (secondary N) is 2. The molecule has 8 nitrogen and oxygen atoms in total. The Kier molecular flexibility index (Phi) is 4.08. The minimum absolute atomic E-state index is 0.0168. The minimum Gasteiger partial charge on any atom is -0.366 e. The van der Waals surface area contributed by atoms with E-state index in [1.807, 2.05) is 0 Å². The molecule has 1 amide bonds. The fraction of sp³-hybridized carbons (Fsp3) is 0.100. The Labute approximate surface area is 129 Å². The van der Waals surface area contributed by atoms with Crippen LogP contribution in [0.3, 0.4) is 0 Å². The van der Waals surface area contributed by atoms with Gasteiger partial charge in [-0.15, -0.1) is 5.10 Å². The highest BCUT2D eigenvalue weighted by Crippen LogP contribution is 2.30. The molecule has 2 rings (SSSR count). The number of aromatic amines is 1. The van der Waals surface area contributed by atoms with Crippen LogP contribution in [-0.4, -0.2) is 36.6 Å². The highest BCUT2D eigenvalue weighted by atomic mass is 35.5. The van der Waals surface area contributed by atoms with Crippen LogP contribution in [-0.2, 0) is 9.84 Å². The number of carbonyl (C=O) groups excluding carboxylic acids is 1. The predicted molar refractivity (Wildman–Crippen MR) is 76.1 cm³/mol. The molecular formula is C10H9Cl2N5O3S. The Morgan fingerprint density at radius 2 is 1.90 bits per heavy atom. The number of hydrogen-bond donors (Lipinski definition) is 3. The van der Waals surface area contributed by atoms with Crippen molar-refractivity contribution in [2.45, 2.75) is 10.1 Å². The van der Waals surface area contributed by atoms with Crippen LogP contribution in [0.4, 0.5) is 5.95 Å². The number of anilines is 1. The molecule has 0 aliphatic rings. The predicted octanol–water partition coefficient (Wildman–Crippen LogP) is 0.886. The van der Waals surface area contributed by atoms with Gasteiger partial charge in [-0.1, -0.05) is 23.2 Å². The van der Waals surface area contributed by atoms with Crippen molar-refractivity contribution in [1.82, 2.24) is 20.5 Å². The molecule has 0 aliphatic carbocycles. The van der Waals surface area contributed by atoms with Gasteiger partial charge in [0.15, 0.2) is 0 Å².